The second kappa shape index (κ2) is 11.1. The van der Waals surface area contributed by atoms with Crippen molar-refractivity contribution in [2.75, 3.05) is 19.8 Å². The number of ether oxygens (including phenoxy) is 4. The van der Waals surface area contributed by atoms with E-state index in [2.05, 4.69) is 0 Å². The van der Waals surface area contributed by atoms with Gasteiger partial charge in [-0.1, -0.05) is 12.1 Å². The third-order valence-electron chi connectivity index (χ3n) is 5.57. The van der Waals surface area contributed by atoms with Gasteiger partial charge in [-0.25, -0.2) is 0 Å². The van der Waals surface area contributed by atoms with Crippen LogP contribution in [0, 0.1) is 0 Å². The smallest absolute Gasteiger partial charge is 0.229 e. The van der Waals surface area contributed by atoms with Crippen LogP contribution in [0.4, 0.5) is 0 Å². The second-order valence-corrected chi connectivity index (χ2v) is 7.81. The second-order valence-electron chi connectivity index (χ2n) is 7.81. The maximum absolute atomic E-state index is 10.6. The molecular weight excluding hydrogens is 430 g/mol. The van der Waals surface area contributed by atoms with Crippen LogP contribution in [0.5, 0.6) is 5.75 Å². The summed E-state index contributed by atoms with van der Waals surface area (Å²) in [5.41, 5.74) is 6.51. The molecule has 32 heavy (non-hydrogen) atoms. The van der Waals surface area contributed by atoms with E-state index >= 15 is 0 Å². The molecule has 10 atom stereocenters. The molecule has 0 bridgehead atoms. The average molecular weight is 461 g/mol. The third kappa shape index (κ3) is 5.38. The summed E-state index contributed by atoms with van der Waals surface area (Å²) >= 11 is 0. The first kappa shape index (κ1) is 25.2. The highest BCUT2D eigenvalue weighted by molar-refractivity contribution is 5.27. The van der Waals surface area contributed by atoms with Gasteiger partial charge in [0.25, 0.3) is 0 Å². The Hall–Kier alpha value is -1.42. The lowest BCUT2D eigenvalue weighted by atomic mass is 9.97. The fourth-order valence-corrected chi connectivity index (χ4v) is 3.69. The Morgan fingerprint density at radius 3 is 1.94 bits per heavy atom. The first-order chi connectivity index (χ1) is 15.3. The van der Waals surface area contributed by atoms with Crippen molar-refractivity contribution in [3.8, 4) is 5.75 Å². The number of nitrogens with two attached hydrogens (primary N) is 1. The van der Waals surface area contributed by atoms with E-state index < -0.39 is 74.6 Å². The molecule has 0 amide bonds. The molecule has 0 saturated carbocycles. The standard InChI is InChI=1S/C20H31NO11/c21-6-5-9-1-3-10(4-2-9)29-19-17(28)15(26)18(12(8-23)31-19)32-20-16(27)14(25)13(24)11(7-22)30-20/h1-4,11-20,22-28H,5-8,21H2/t11?,12?,13-,14-,15+,16?,17?,18-,19+,20+/m0/s1. The maximum atomic E-state index is 10.6. The minimum absolute atomic E-state index is 0.354. The molecule has 2 saturated heterocycles. The van der Waals surface area contributed by atoms with E-state index in [9.17, 15) is 35.7 Å². The van der Waals surface area contributed by atoms with Crippen molar-refractivity contribution in [2.45, 2.75) is 67.8 Å². The highest BCUT2D eigenvalue weighted by Crippen LogP contribution is 2.30. The van der Waals surface area contributed by atoms with Gasteiger partial charge in [-0.2, -0.15) is 0 Å². The molecule has 12 heteroatoms. The van der Waals surface area contributed by atoms with Gasteiger partial charge in [0, 0.05) is 0 Å². The largest absolute Gasteiger partial charge is 0.462 e. The van der Waals surface area contributed by atoms with Gasteiger partial charge in [0.05, 0.1) is 13.2 Å². The minimum Gasteiger partial charge on any atom is -0.462 e. The highest BCUT2D eigenvalue weighted by atomic mass is 16.7. The molecule has 182 valence electrons. The van der Waals surface area contributed by atoms with Gasteiger partial charge in [-0.15, -0.1) is 0 Å². The molecule has 0 aromatic heterocycles. The summed E-state index contributed by atoms with van der Waals surface area (Å²) in [5, 5.41) is 70.1. The number of rotatable bonds is 8. The Kier molecular flexibility index (Phi) is 8.77. The average Bonchev–Trinajstić information content (AvgIpc) is 2.80. The summed E-state index contributed by atoms with van der Waals surface area (Å²) in [6.07, 6.45) is -14.3. The van der Waals surface area contributed by atoms with E-state index in [0.717, 1.165) is 5.56 Å². The molecule has 0 aliphatic carbocycles. The first-order valence-corrected chi connectivity index (χ1v) is 10.3. The summed E-state index contributed by atoms with van der Waals surface area (Å²) in [6.45, 7) is -0.813. The van der Waals surface area contributed by atoms with Crippen LogP contribution >= 0.6 is 0 Å². The SMILES string of the molecule is NCCc1ccc(O[C@@H]2OC(CO)[C@H](O[C@H]3OC(CO)[C@H](O)[C@H](O)C3O)[C@H](O)C2O)cc1. The number of aliphatic hydroxyl groups excluding tert-OH is 7. The number of hydrogen-bond donors (Lipinski definition) is 8. The summed E-state index contributed by atoms with van der Waals surface area (Å²) < 4.78 is 21.9. The van der Waals surface area contributed by atoms with Crippen molar-refractivity contribution in [1.82, 2.24) is 0 Å². The van der Waals surface area contributed by atoms with Crippen LogP contribution in [0.25, 0.3) is 0 Å². The lowest BCUT2D eigenvalue weighted by Gasteiger charge is -2.45. The van der Waals surface area contributed by atoms with Crippen molar-refractivity contribution >= 4 is 0 Å². The van der Waals surface area contributed by atoms with Crippen LogP contribution in [-0.4, -0.2) is 117 Å². The number of benzene rings is 1. The highest BCUT2D eigenvalue weighted by Gasteiger charge is 2.51. The molecule has 0 spiro atoms. The molecule has 4 unspecified atom stereocenters. The van der Waals surface area contributed by atoms with Crippen LogP contribution < -0.4 is 10.5 Å². The van der Waals surface area contributed by atoms with E-state index in [0.29, 0.717) is 18.7 Å². The van der Waals surface area contributed by atoms with Crippen molar-refractivity contribution in [2.24, 2.45) is 5.73 Å². The summed E-state index contributed by atoms with van der Waals surface area (Å²) in [6, 6.07) is 6.89. The van der Waals surface area contributed by atoms with Crippen LogP contribution in [0.1, 0.15) is 5.56 Å². The predicted octanol–water partition coefficient (Wildman–Crippen LogP) is -3.81. The fourth-order valence-electron chi connectivity index (χ4n) is 3.69. The zero-order chi connectivity index (χ0) is 23.4. The van der Waals surface area contributed by atoms with Gasteiger partial charge >= 0.3 is 0 Å². The Morgan fingerprint density at radius 2 is 1.34 bits per heavy atom. The van der Waals surface area contributed by atoms with E-state index in [1.165, 1.54) is 0 Å². The van der Waals surface area contributed by atoms with Crippen LogP contribution in [-0.2, 0) is 20.6 Å². The van der Waals surface area contributed by atoms with E-state index in [4.69, 9.17) is 24.7 Å². The van der Waals surface area contributed by atoms with Crippen molar-refractivity contribution in [3.05, 3.63) is 29.8 Å². The normalized spacial score (nSPS) is 40.2. The maximum Gasteiger partial charge on any atom is 0.229 e. The molecule has 2 aliphatic heterocycles. The topological polar surface area (TPSA) is 205 Å². The Morgan fingerprint density at radius 1 is 0.750 bits per heavy atom. The van der Waals surface area contributed by atoms with E-state index in [1.807, 2.05) is 0 Å². The molecule has 1 aromatic rings. The van der Waals surface area contributed by atoms with Gasteiger partial charge in [0.2, 0.25) is 6.29 Å². The monoisotopic (exact) mass is 461 g/mol. The van der Waals surface area contributed by atoms with Gasteiger partial charge in [-0.05, 0) is 30.7 Å². The Balaban J connectivity index is 1.68. The zero-order valence-corrected chi connectivity index (χ0v) is 17.3. The van der Waals surface area contributed by atoms with Gasteiger partial charge in [-0.3, -0.25) is 0 Å². The molecule has 12 nitrogen and oxygen atoms in total. The lowest BCUT2D eigenvalue weighted by Crippen LogP contribution is -2.65. The van der Waals surface area contributed by atoms with Gasteiger partial charge < -0.3 is 60.4 Å². The quantitative estimate of drug-likeness (QED) is 0.188. The van der Waals surface area contributed by atoms with Crippen molar-refractivity contribution < 1.29 is 54.7 Å². The van der Waals surface area contributed by atoms with E-state index in [1.54, 1.807) is 24.3 Å². The predicted molar refractivity (Wildman–Crippen MR) is 106 cm³/mol. The minimum atomic E-state index is -1.72. The van der Waals surface area contributed by atoms with Gasteiger partial charge in [0.1, 0.15) is 54.6 Å². The molecule has 2 aliphatic rings. The molecule has 0 radical (unpaired) electrons. The van der Waals surface area contributed by atoms with Crippen molar-refractivity contribution in [3.63, 3.8) is 0 Å². The number of aliphatic hydroxyl groups is 7. The van der Waals surface area contributed by atoms with Crippen LogP contribution in [0.3, 0.4) is 0 Å². The van der Waals surface area contributed by atoms with Gasteiger partial charge in [0.15, 0.2) is 6.29 Å². The molecule has 2 fully saturated rings. The molecule has 2 heterocycles. The van der Waals surface area contributed by atoms with Crippen LogP contribution in [0.15, 0.2) is 24.3 Å². The molecule has 1 aromatic carbocycles. The Bertz CT molecular complexity index is 703. The van der Waals surface area contributed by atoms with Crippen LogP contribution in [0.2, 0.25) is 0 Å². The molecule has 3 rings (SSSR count). The number of hydrogen-bond acceptors (Lipinski definition) is 12. The third-order valence-corrected chi connectivity index (χ3v) is 5.57. The van der Waals surface area contributed by atoms with E-state index in [-0.39, 0.29) is 0 Å². The fraction of sp³-hybridized carbons (Fsp3) is 0.700. The first-order valence-electron chi connectivity index (χ1n) is 10.3. The summed E-state index contributed by atoms with van der Waals surface area (Å²) in [7, 11) is 0. The summed E-state index contributed by atoms with van der Waals surface area (Å²) in [5.74, 6) is 0.354. The van der Waals surface area contributed by atoms with Crippen molar-refractivity contribution in [1.29, 1.82) is 0 Å². The Labute approximate surface area is 184 Å². The molecular formula is C20H31NO11. The molecule has 9 N–H and O–H groups in total. The summed E-state index contributed by atoms with van der Waals surface area (Å²) in [4.78, 5) is 0. The zero-order valence-electron chi connectivity index (χ0n) is 17.3. The lowest BCUT2D eigenvalue weighted by molar-refractivity contribution is -0.352.